The molecule has 0 spiro atoms. The van der Waals surface area contributed by atoms with Gasteiger partial charge in [0, 0.05) is 24.9 Å². The molecule has 0 unspecified atom stereocenters. The summed E-state index contributed by atoms with van der Waals surface area (Å²) in [6, 6.07) is 6.42. The molecular weight excluding hydrogens is 280 g/mol. The van der Waals surface area contributed by atoms with Gasteiger partial charge in [0.2, 0.25) is 5.91 Å². The Morgan fingerprint density at radius 1 is 1.48 bits per heavy atom. The van der Waals surface area contributed by atoms with Crippen molar-refractivity contribution in [3.05, 3.63) is 41.6 Å². The van der Waals surface area contributed by atoms with Crippen LogP contribution in [0.5, 0.6) is 5.75 Å². The van der Waals surface area contributed by atoms with Crippen LogP contribution >= 0.6 is 0 Å². The minimum atomic E-state index is -2.87. The molecule has 1 aliphatic rings. The first-order valence-electron chi connectivity index (χ1n) is 6.41. The Balaban J connectivity index is 1.98. The molecule has 1 amide bonds. The molecule has 0 fully saturated rings. The molecule has 110 valence electrons. The molecule has 1 aromatic carbocycles. The molecule has 21 heavy (non-hydrogen) atoms. The molecule has 7 heteroatoms. The van der Waals surface area contributed by atoms with Crippen molar-refractivity contribution in [1.82, 2.24) is 9.78 Å². The Morgan fingerprint density at radius 2 is 2.29 bits per heavy atom. The third-order valence-electron chi connectivity index (χ3n) is 3.48. The van der Waals surface area contributed by atoms with Gasteiger partial charge in [0.15, 0.2) is 0 Å². The van der Waals surface area contributed by atoms with Crippen LogP contribution in [0.3, 0.4) is 0 Å². The number of hydrogen-bond donors (Lipinski definition) is 1. The lowest BCUT2D eigenvalue weighted by Gasteiger charge is -2.23. The normalized spacial score (nSPS) is 17.5. The zero-order valence-electron chi connectivity index (χ0n) is 11.2. The van der Waals surface area contributed by atoms with E-state index in [0.717, 1.165) is 11.1 Å². The highest BCUT2D eigenvalue weighted by Gasteiger charge is 2.29. The van der Waals surface area contributed by atoms with Crippen LogP contribution in [0.25, 0.3) is 0 Å². The Morgan fingerprint density at radius 3 is 3.05 bits per heavy atom. The van der Waals surface area contributed by atoms with Gasteiger partial charge in [0.05, 0.1) is 6.20 Å². The van der Waals surface area contributed by atoms with E-state index in [1.807, 2.05) is 0 Å². The summed E-state index contributed by atoms with van der Waals surface area (Å²) in [7, 11) is 1.73. The van der Waals surface area contributed by atoms with Crippen LogP contribution in [-0.2, 0) is 11.8 Å². The largest absolute Gasteiger partial charge is 0.435 e. The first-order valence-corrected chi connectivity index (χ1v) is 6.41. The minimum Gasteiger partial charge on any atom is -0.435 e. The van der Waals surface area contributed by atoms with E-state index in [4.69, 9.17) is 0 Å². The number of hydrogen-bond acceptors (Lipinski definition) is 3. The molecule has 0 aliphatic carbocycles. The number of halogens is 2. The van der Waals surface area contributed by atoms with Crippen molar-refractivity contribution in [2.45, 2.75) is 19.0 Å². The maximum Gasteiger partial charge on any atom is 0.387 e. The van der Waals surface area contributed by atoms with Crippen molar-refractivity contribution < 1.29 is 18.3 Å². The monoisotopic (exact) mass is 293 g/mol. The first-order chi connectivity index (χ1) is 10.0. The standard InChI is InChI=1S/C14H13F2N3O2/c1-19-13-11(7-17-19)10(6-12(20)18-13)8-3-2-4-9(5-8)21-14(15)16/h2-5,7,10,14H,6H2,1H3,(H,18,20)/t10-/m1/s1. The van der Waals surface area contributed by atoms with Gasteiger partial charge in [0.25, 0.3) is 0 Å². The topological polar surface area (TPSA) is 56.2 Å². The SMILES string of the molecule is Cn1ncc2c1NC(=O)C[C@@H]2c1cccc(OC(F)F)c1. The number of aromatic nitrogens is 2. The highest BCUT2D eigenvalue weighted by molar-refractivity contribution is 5.94. The number of benzene rings is 1. The maximum atomic E-state index is 12.3. The van der Waals surface area contributed by atoms with Crippen molar-refractivity contribution in [3.63, 3.8) is 0 Å². The van der Waals surface area contributed by atoms with Gasteiger partial charge in [-0.25, -0.2) is 0 Å². The number of ether oxygens (including phenoxy) is 1. The van der Waals surface area contributed by atoms with E-state index in [1.54, 1.807) is 30.1 Å². The van der Waals surface area contributed by atoms with Gasteiger partial charge in [-0.3, -0.25) is 9.48 Å². The van der Waals surface area contributed by atoms with Gasteiger partial charge in [-0.1, -0.05) is 12.1 Å². The van der Waals surface area contributed by atoms with Crippen LogP contribution < -0.4 is 10.1 Å². The maximum absolute atomic E-state index is 12.3. The molecule has 1 aliphatic heterocycles. The number of nitrogens with zero attached hydrogens (tertiary/aromatic N) is 2. The van der Waals surface area contributed by atoms with Crippen molar-refractivity contribution in [2.24, 2.45) is 7.05 Å². The number of carbonyl (C=O) groups excluding carboxylic acids is 1. The molecule has 0 saturated carbocycles. The third-order valence-corrected chi connectivity index (χ3v) is 3.48. The molecular formula is C14H13F2N3O2. The van der Waals surface area contributed by atoms with E-state index in [1.165, 1.54) is 12.1 Å². The fraction of sp³-hybridized carbons (Fsp3) is 0.286. The summed E-state index contributed by atoms with van der Waals surface area (Å²) in [4.78, 5) is 11.8. The summed E-state index contributed by atoms with van der Waals surface area (Å²) >= 11 is 0. The van der Waals surface area contributed by atoms with Gasteiger partial charge < -0.3 is 10.1 Å². The molecule has 2 aromatic rings. The van der Waals surface area contributed by atoms with Crippen molar-refractivity contribution in [2.75, 3.05) is 5.32 Å². The number of fused-ring (bicyclic) bond motifs is 1. The van der Waals surface area contributed by atoms with Crippen molar-refractivity contribution in [1.29, 1.82) is 0 Å². The molecule has 3 rings (SSSR count). The Hall–Kier alpha value is -2.44. The summed E-state index contributed by atoms with van der Waals surface area (Å²) < 4.78 is 30.6. The lowest BCUT2D eigenvalue weighted by atomic mass is 9.87. The highest BCUT2D eigenvalue weighted by atomic mass is 19.3. The molecule has 1 atom stereocenters. The minimum absolute atomic E-state index is 0.0823. The Kier molecular flexibility index (Phi) is 3.32. The number of alkyl halides is 2. The fourth-order valence-corrected chi connectivity index (χ4v) is 2.55. The van der Waals surface area contributed by atoms with Crippen LogP contribution in [0.4, 0.5) is 14.6 Å². The van der Waals surface area contributed by atoms with Gasteiger partial charge in [-0.2, -0.15) is 13.9 Å². The average Bonchev–Trinajstić information content (AvgIpc) is 2.79. The summed E-state index contributed by atoms with van der Waals surface area (Å²) in [6.07, 6.45) is 1.93. The smallest absolute Gasteiger partial charge is 0.387 e. The number of carbonyl (C=O) groups is 1. The van der Waals surface area contributed by atoms with Gasteiger partial charge in [-0.15, -0.1) is 0 Å². The zero-order chi connectivity index (χ0) is 15.0. The number of nitrogens with one attached hydrogen (secondary N) is 1. The predicted octanol–water partition coefficient (Wildman–Crippen LogP) is 2.50. The Bertz CT molecular complexity index is 685. The van der Waals surface area contributed by atoms with Crippen molar-refractivity contribution in [3.8, 4) is 5.75 Å². The van der Waals surface area contributed by atoms with Crippen LogP contribution in [0.2, 0.25) is 0 Å². The number of aryl methyl sites for hydroxylation is 1. The lowest BCUT2D eigenvalue weighted by Crippen LogP contribution is -2.24. The van der Waals surface area contributed by atoms with Crippen LogP contribution in [0.15, 0.2) is 30.5 Å². The number of rotatable bonds is 3. The van der Waals surface area contributed by atoms with E-state index >= 15 is 0 Å². The van der Waals surface area contributed by atoms with E-state index < -0.39 is 6.61 Å². The second-order valence-corrected chi connectivity index (χ2v) is 4.83. The van der Waals surface area contributed by atoms with Gasteiger partial charge in [-0.05, 0) is 17.7 Å². The Labute approximate surface area is 119 Å². The van der Waals surface area contributed by atoms with Gasteiger partial charge in [0.1, 0.15) is 11.6 Å². The fourth-order valence-electron chi connectivity index (χ4n) is 2.55. The van der Waals surface area contributed by atoms with Crippen LogP contribution in [0.1, 0.15) is 23.5 Å². The molecule has 2 heterocycles. The second-order valence-electron chi connectivity index (χ2n) is 4.83. The predicted molar refractivity (Wildman–Crippen MR) is 71.4 cm³/mol. The van der Waals surface area contributed by atoms with E-state index in [9.17, 15) is 13.6 Å². The van der Waals surface area contributed by atoms with Crippen molar-refractivity contribution >= 4 is 11.7 Å². The van der Waals surface area contributed by atoms with E-state index in [-0.39, 0.29) is 24.0 Å². The van der Waals surface area contributed by atoms with Gasteiger partial charge >= 0.3 is 6.61 Å². The number of amides is 1. The number of anilines is 1. The summed E-state index contributed by atoms with van der Waals surface area (Å²) in [5, 5.41) is 6.89. The highest BCUT2D eigenvalue weighted by Crippen LogP contribution is 2.37. The summed E-state index contributed by atoms with van der Waals surface area (Å²) in [5.74, 6) is 0.371. The molecule has 5 nitrogen and oxygen atoms in total. The third kappa shape index (κ3) is 2.58. The van der Waals surface area contributed by atoms with E-state index in [0.29, 0.717) is 5.82 Å². The van der Waals surface area contributed by atoms with Crippen LogP contribution in [0, 0.1) is 0 Å². The molecule has 0 saturated heterocycles. The quantitative estimate of drug-likeness (QED) is 0.946. The average molecular weight is 293 g/mol. The lowest BCUT2D eigenvalue weighted by molar-refractivity contribution is -0.116. The summed E-state index contributed by atoms with van der Waals surface area (Å²) in [6.45, 7) is -2.87. The zero-order valence-corrected chi connectivity index (χ0v) is 11.2. The molecule has 1 aromatic heterocycles. The second kappa shape index (κ2) is 5.16. The van der Waals surface area contributed by atoms with Crippen LogP contribution in [-0.4, -0.2) is 22.3 Å². The molecule has 0 radical (unpaired) electrons. The molecule has 1 N–H and O–H groups in total. The summed E-state index contributed by atoms with van der Waals surface area (Å²) in [5.41, 5.74) is 1.61. The first kappa shape index (κ1) is 13.5. The van der Waals surface area contributed by atoms with E-state index in [2.05, 4.69) is 15.2 Å². The molecule has 0 bridgehead atoms.